The number of rotatable bonds is 5. The van der Waals surface area contributed by atoms with Gasteiger partial charge in [0, 0.05) is 22.5 Å². The summed E-state index contributed by atoms with van der Waals surface area (Å²) >= 11 is 0. The van der Waals surface area contributed by atoms with Crippen LogP contribution in [0.15, 0.2) is 66.0 Å². The van der Waals surface area contributed by atoms with Gasteiger partial charge in [-0.25, -0.2) is 9.97 Å². The summed E-state index contributed by atoms with van der Waals surface area (Å²) in [4.78, 5) is 18.0. The number of fused-ring (bicyclic) bond motifs is 1. The van der Waals surface area contributed by atoms with Gasteiger partial charge < -0.3 is 26.0 Å². The SMILES string of the molecule is Cc1ccc(Oc2ccc(Nc3ncnc4ccc(NC5=NCC6(CCNCC6)N5)cc34)cc2C)cn1. The van der Waals surface area contributed by atoms with Crippen molar-refractivity contribution in [3.63, 3.8) is 0 Å². The van der Waals surface area contributed by atoms with Crippen LogP contribution in [0.3, 0.4) is 0 Å². The minimum Gasteiger partial charge on any atom is -0.455 e. The average molecular weight is 495 g/mol. The number of pyridine rings is 1. The summed E-state index contributed by atoms with van der Waals surface area (Å²) in [5.74, 6) is 3.05. The predicted molar refractivity (Wildman–Crippen MR) is 147 cm³/mol. The third kappa shape index (κ3) is 5.03. The van der Waals surface area contributed by atoms with Crippen molar-refractivity contribution in [2.24, 2.45) is 4.99 Å². The first-order chi connectivity index (χ1) is 18.1. The molecule has 0 saturated carbocycles. The van der Waals surface area contributed by atoms with Crippen molar-refractivity contribution >= 4 is 34.1 Å². The van der Waals surface area contributed by atoms with Gasteiger partial charge >= 0.3 is 0 Å². The Morgan fingerprint density at radius 1 is 0.892 bits per heavy atom. The van der Waals surface area contributed by atoms with Crippen LogP contribution in [-0.2, 0) is 0 Å². The fourth-order valence-electron chi connectivity index (χ4n) is 4.81. The zero-order chi connectivity index (χ0) is 25.2. The van der Waals surface area contributed by atoms with Crippen LogP contribution in [0.1, 0.15) is 24.1 Å². The van der Waals surface area contributed by atoms with Gasteiger partial charge in [0.15, 0.2) is 5.96 Å². The van der Waals surface area contributed by atoms with Gasteiger partial charge in [-0.1, -0.05) is 0 Å². The fraction of sp³-hybridized carbons (Fsp3) is 0.286. The van der Waals surface area contributed by atoms with Crippen LogP contribution in [0.5, 0.6) is 11.5 Å². The number of ether oxygens (including phenoxy) is 1. The highest BCUT2D eigenvalue weighted by Gasteiger charge is 2.36. The Labute approximate surface area is 215 Å². The number of aryl methyl sites for hydroxylation is 2. The van der Waals surface area contributed by atoms with Gasteiger partial charge in [-0.05, 0) is 93.9 Å². The molecule has 6 rings (SSSR count). The Hall–Kier alpha value is -4.24. The number of nitrogens with zero attached hydrogens (tertiary/aromatic N) is 4. The van der Waals surface area contributed by atoms with E-state index in [1.807, 2.05) is 56.3 Å². The Kier molecular flexibility index (Phi) is 6.05. The Morgan fingerprint density at radius 3 is 2.54 bits per heavy atom. The summed E-state index contributed by atoms with van der Waals surface area (Å²) < 4.78 is 6.02. The lowest BCUT2D eigenvalue weighted by atomic mass is 9.89. The third-order valence-corrected chi connectivity index (χ3v) is 6.93. The van der Waals surface area contributed by atoms with Crippen molar-refractivity contribution in [3.8, 4) is 11.5 Å². The van der Waals surface area contributed by atoms with Crippen LogP contribution in [0.4, 0.5) is 17.2 Å². The fourth-order valence-corrected chi connectivity index (χ4v) is 4.81. The summed E-state index contributed by atoms with van der Waals surface area (Å²) in [5, 5.41) is 14.9. The molecular weight excluding hydrogens is 464 g/mol. The van der Waals surface area contributed by atoms with E-state index in [0.717, 1.165) is 83.5 Å². The molecule has 0 aliphatic carbocycles. The second-order valence-corrected chi connectivity index (χ2v) is 9.74. The molecule has 4 N–H and O–H groups in total. The first-order valence-corrected chi connectivity index (χ1v) is 12.6. The molecule has 4 heterocycles. The number of aliphatic imine (C=N–C) groups is 1. The standard InChI is InChI=1S/C28H30N8O/c1-18-13-20(5-8-25(18)37-22-6-3-19(2)30-15-22)34-26-23-14-21(4-7-24(23)32-17-33-26)35-27-31-16-28(36-27)9-11-29-12-10-28/h3-8,13-15,17,29H,9-12,16H2,1-2H3,(H2,31,35,36)(H,32,33,34). The lowest BCUT2D eigenvalue weighted by Gasteiger charge is -2.33. The number of piperidine rings is 1. The molecule has 2 aromatic carbocycles. The van der Waals surface area contributed by atoms with E-state index in [1.54, 1.807) is 12.5 Å². The second-order valence-electron chi connectivity index (χ2n) is 9.74. The molecule has 4 aromatic rings. The van der Waals surface area contributed by atoms with E-state index in [2.05, 4.69) is 42.3 Å². The van der Waals surface area contributed by atoms with Crippen LogP contribution < -0.4 is 26.0 Å². The van der Waals surface area contributed by atoms with Crippen LogP contribution >= 0.6 is 0 Å². The summed E-state index contributed by atoms with van der Waals surface area (Å²) in [6, 6.07) is 15.9. The van der Waals surface area contributed by atoms with Crippen LogP contribution in [0.25, 0.3) is 10.9 Å². The van der Waals surface area contributed by atoms with Crippen LogP contribution in [-0.4, -0.2) is 46.1 Å². The number of aromatic nitrogens is 3. The number of guanidine groups is 1. The zero-order valence-electron chi connectivity index (χ0n) is 21.0. The Morgan fingerprint density at radius 2 is 1.73 bits per heavy atom. The lowest BCUT2D eigenvalue weighted by molar-refractivity contribution is 0.303. The zero-order valence-corrected chi connectivity index (χ0v) is 21.0. The van der Waals surface area contributed by atoms with Crippen molar-refractivity contribution in [1.29, 1.82) is 0 Å². The maximum Gasteiger partial charge on any atom is 0.196 e. The van der Waals surface area contributed by atoms with E-state index in [9.17, 15) is 0 Å². The van der Waals surface area contributed by atoms with E-state index >= 15 is 0 Å². The molecule has 0 amide bonds. The molecule has 1 spiro atoms. The molecule has 1 fully saturated rings. The van der Waals surface area contributed by atoms with Crippen molar-refractivity contribution in [2.75, 3.05) is 30.3 Å². The quantitative estimate of drug-likeness (QED) is 0.317. The second kappa shape index (κ2) is 9.67. The topological polar surface area (TPSA) is 108 Å². The monoisotopic (exact) mass is 494 g/mol. The summed E-state index contributed by atoms with van der Waals surface area (Å²) in [6.45, 7) is 6.82. The normalized spacial score (nSPS) is 16.3. The van der Waals surface area contributed by atoms with E-state index in [4.69, 9.17) is 9.73 Å². The molecule has 2 aromatic heterocycles. The van der Waals surface area contributed by atoms with Gasteiger partial charge in [0.2, 0.25) is 0 Å². The van der Waals surface area contributed by atoms with E-state index in [0.29, 0.717) is 5.75 Å². The third-order valence-electron chi connectivity index (χ3n) is 6.93. The highest BCUT2D eigenvalue weighted by Crippen LogP contribution is 2.31. The number of hydrogen-bond donors (Lipinski definition) is 4. The highest BCUT2D eigenvalue weighted by molar-refractivity contribution is 5.99. The maximum atomic E-state index is 6.02. The van der Waals surface area contributed by atoms with E-state index in [-0.39, 0.29) is 5.54 Å². The number of hydrogen-bond acceptors (Lipinski definition) is 9. The first-order valence-electron chi connectivity index (χ1n) is 12.6. The Bertz CT molecular complexity index is 1460. The summed E-state index contributed by atoms with van der Waals surface area (Å²) in [6.07, 6.45) is 5.47. The van der Waals surface area contributed by atoms with Gasteiger partial charge in [-0.3, -0.25) is 9.98 Å². The van der Waals surface area contributed by atoms with Gasteiger partial charge in [-0.15, -0.1) is 0 Å². The van der Waals surface area contributed by atoms with Gasteiger partial charge in [-0.2, -0.15) is 0 Å². The summed E-state index contributed by atoms with van der Waals surface area (Å²) in [7, 11) is 0. The summed E-state index contributed by atoms with van der Waals surface area (Å²) in [5.41, 5.74) is 4.75. The smallest absolute Gasteiger partial charge is 0.196 e. The van der Waals surface area contributed by atoms with E-state index < -0.39 is 0 Å². The van der Waals surface area contributed by atoms with Gasteiger partial charge in [0.05, 0.1) is 23.8 Å². The lowest BCUT2D eigenvalue weighted by Crippen LogP contribution is -2.53. The Balaban J connectivity index is 1.19. The van der Waals surface area contributed by atoms with Crippen molar-refractivity contribution in [3.05, 3.63) is 72.3 Å². The number of anilines is 3. The van der Waals surface area contributed by atoms with Crippen molar-refractivity contribution in [2.45, 2.75) is 32.2 Å². The van der Waals surface area contributed by atoms with Crippen LogP contribution in [0, 0.1) is 13.8 Å². The highest BCUT2D eigenvalue weighted by atomic mass is 16.5. The average Bonchev–Trinajstić information content (AvgIpc) is 3.28. The molecule has 2 aliphatic rings. The predicted octanol–water partition coefficient (Wildman–Crippen LogP) is 4.67. The molecule has 0 bridgehead atoms. The first kappa shape index (κ1) is 23.2. The van der Waals surface area contributed by atoms with Crippen molar-refractivity contribution < 1.29 is 4.74 Å². The molecule has 2 aliphatic heterocycles. The molecule has 37 heavy (non-hydrogen) atoms. The number of nitrogens with one attached hydrogen (secondary N) is 4. The molecule has 9 heteroatoms. The minimum atomic E-state index is 0.0734. The molecular formula is C28H30N8O. The minimum absolute atomic E-state index is 0.0734. The van der Waals surface area contributed by atoms with Crippen molar-refractivity contribution in [1.82, 2.24) is 25.6 Å². The van der Waals surface area contributed by atoms with Gasteiger partial charge in [0.25, 0.3) is 0 Å². The molecule has 1 saturated heterocycles. The van der Waals surface area contributed by atoms with Crippen LogP contribution in [0.2, 0.25) is 0 Å². The molecule has 9 nitrogen and oxygen atoms in total. The maximum absolute atomic E-state index is 6.02. The molecule has 188 valence electrons. The van der Waals surface area contributed by atoms with Gasteiger partial charge in [0.1, 0.15) is 23.6 Å². The van der Waals surface area contributed by atoms with E-state index in [1.165, 1.54) is 0 Å². The molecule has 0 atom stereocenters. The molecule has 0 radical (unpaired) electrons. The molecule has 0 unspecified atom stereocenters. The number of benzene rings is 2. The largest absolute Gasteiger partial charge is 0.455 e.